The van der Waals surface area contributed by atoms with Gasteiger partial charge in [0.15, 0.2) is 0 Å². The zero-order valence-electron chi connectivity index (χ0n) is 10.8. The molecular weight excluding hydrogens is 300 g/mol. The number of thiophene rings is 1. The van der Waals surface area contributed by atoms with Crippen molar-refractivity contribution in [2.75, 3.05) is 12.4 Å². The van der Waals surface area contributed by atoms with E-state index in [4.69, 9.17) is 11.6 Å². The molecule has 0 aliphatic heterocycles. The first-order valence-corrected chi connectivity index (χ1v) is 6.88. The van der Waals surface area contributed by atoms with Crippen LogP contribution in [0.1, 0.15) is 25.6 Å². The minimum atomic E-state index is -0.479. The SMILES string of the molecule is COC(=O)c1scc(C)c1NC(=O)c1ccc(Cl)nc1. The van der Waals surface area contributed by atoms with Gasteiger partial charge in [-0.25, -0.2) is 9.78 Å². The van der Waals surface area contributed by atoms with Gasteiger partial charge in [-0.15, -0.1) is 11.3 Å². The molecule has 0 saturated carbocycles. The van der Waals surface area contributed by atoms with Crippen LogP contribution in [0.5, 0.6) is 0 Å². The number of esters is 1. The monoisotopic (exact) mass is 310 g/mol. The summed E-state index contributed by atoms with van der Waals surface area (Å²) in [6, 6.07) is 3.09. The first-order chi connectivity index (χ1) is 9.52. The van der Waals surface area contributed by atoms with Crippen molar-refractivity contribution in [3.05, 3.63) is 44.9 Å². The summed E-state index contributed by atoms with van der Waals surface area (Å²) in [7, 11) is 1.30. The molecule has 2 aromatic heterocycles. The Balaban J connectivity index is 2.26. The van der Waals surface area contributed by atoms with E-state index < -0.39 is 5.97 Å². The number of anilines is 1. The number of halogens is 1. The minimum Gasteiger partial charge on any atom is -0.465 e. The third kappa shape index (κ3) is 2.97. The Morgan fingerprint density at radius 3 is 2.75 bits per heavy atom. The predicted molar refractivity (Wildman–Crippen MR) is 77.6 cm³/mol. The Morgan fingerprint density at radius 2 is 2.15 bits per heavy atom. The third-order valence-corrected chi connectivity index (χ3v) is 3.88. The van der Waals surface area contributed by atoms with E-state index in [2.05, 4.69) is 15.0 Å². The Labute approximate surface area is 124 Å². The summed E-state index contributed by atoms with van der Waals surface area (Å²) in [6.45, 7) is 1.80. The van der Waals surface area contributed by atoms with Crippen molar-refractivity contribution in [1.29, 1.82) is 0 Å². The minimum absolute atomic E-state index is 0.309. The van der Waals surface area contributed by atoms with Crippen molar-refractivity contribution < 1.29 is 14.3 Å². The van der Waals surface area contributed by atoms with E-state index in [0.717, 1.165) is 5.56 Å². The lowest BCUT2D eigenvalue weighted by atomic mass is 10.2. The van der Waals surface area contributed by atoms with Gasteiger partial charge in [-0.2, -0.15) is 0 Å². The van der Waals surface area contributed by atoms with Crippen LogP contribution in [0.15, 0.2) is 23.7 Å². The second-order valence-electron chi connectivity index (χ2n) is 3.94. The molecule has 0 fully saturated rings. The lowest BCUT2D eigenvalue weighted by molar-refractivity contribution is 0.0607. The molecular formula is C13H11ClN2O3S. The number of nitrogens with one attached hydrogen (secondary N) is 1. The number of hydrogen-bond donors (Lipinski definition) is 1. The molecule has 0 bridgehead atoms. The number of rotatable bonds is 3. The Hall–Kier alpha value is -1.92. The predicted octanol–water partition coefficient (Wildman–Crippen LogP) is 3.14. The fourth-order valence-corrected chi connectivity index (χ4v) is 2.57. The molecule has 2 rings (SSSR count). The molecule has 2 heterocycles. The number of ether oxygens (including phenoxy) is 1. The average molecular weight is 311 g/mol. The van der Waals surface area contributed by atoms with Crippen LogP contribution in [0.2, 0.25) is 5.15 Å². The Morgan fingerprint density at radius 1 is 1.40 bits per heavy atom. The number of pyridine rings is 1. The molecule has 1 N–H and O–H groups in total. The maximum atomic E-state index is 12.1. The van der Waals surface area contributed by atoms with Crippen molar-refractivity contribution in [3.8, 4) is 0 Å². The first kappa shape index (κ1) is 14.5. The molecule has 0 saturated heterocycles. The highest BCUT2D eigenvalue weighted by Gasteiger charge is 2.19. The highest BCUT2D eigenvalue weighted by molar-refractivity contribution is 7.12. The Kier molecular flexibility index (Phi) is 4.36. The normalized spacial score (nSPS) is 10.2. The third-order valence-electron chi connectivity index (χ3n) is 2.57. The molecule has 0 spiro atoms. The van der Waals surface area contributed by atoms with Crippen LogP contribution >= 0.6 is 22.9 Å². The van der Waals surface area contributed by atoms with Crippen molar-refractivity contribution >= 4 is 40.5 Å². The molecule has 0 radical (unpaired) electrons. The van der Waals surface area contributed by atoms with E-state index >= 15 is 0 Å². The molecule has 104 valence electrons. The van der Waals surface area contributed by atoms with Gasteiger partial charge in [-0.3, -0.25) is 4.79 Å². The van der Waals surface area contributed by atoms with Crippen LogP contribution < -0.4 is 5.32 Å². The summed E-state index contributed by atoms with van der Waals surface area (Å²) < 4.78 is 4.68. The number of methoxy groups -OCH3 is 1. The topological polar surface area (TPSA) is 68.3 Å². The van der Waals surface area contributed by atoms with Crippen LogP contribution in [0.4, 0.5) is 5.69 Å². The largest absolute Gasteiger partial charge is 0.465 e. The van der Waals surface area contributed by atoms with Crippen molar-refractivity contribution in [3.63, 3.8) is 0 Å². The zero-order valence-corrected chi connectivity index (χ0v) is 12.3. The van der Waals surface area contributed by atoms with Crippen LogP contribution in [-0.4, -0.2) is 24.0 Å². The number of carbonyl (C=O) groups is 2. The summed E-state index contributed by atoms with van der Waals surface area (Å²) in [6.07, 6.45) is 1.37. The maximum absolute atomic E-state index is 12.1. The summed E-state index contributed by atoms with van der Waals surface area (Å²) in [5.74, 6) is -0.839. The van der Waals surface area contributed by atoms with E-state index in [9.17, 15) is 9.59 Å². The van der Waals surface area contributed by atoms with Gasteiger partial charge in [0.1, 0.15) is 10.0 Å². The molecule has 20 heavy (non-hydrogen) atoms. The van der Waals surface area contributed by atoms with E-state index in [0.29, 0.717) is 21.3 Å². The van der Waals surface area contributed by atoms with Gasteiger partial charge in [0.2, 0.25) is 0 Å². The van der Waals surface area contributed by atoms with Gasteiger partial charge >= 0.3 is 5.97 Å². The highest BCUT2D eigenvalue weighted by Crippen LogP contribution is 2.28. The lowest BCUT2D eigenvalue weighted by Gasteiger charge is -2.07. The summed E-state index contributed by atoms with van der Waals surface area (Å²) >= 11 is 6.89. The molecule has 7 heteroatoms. The standard InChI is InChI=1S/C13H11ClN2O3S/c1-7-6-20-11(13(18)19-2)10(7)16-12(17)8-3-4-9(14)15-5-8/h3-6H,1-2H3,(H,16,17). The number of hydrogen-bond acceptors (Lipinski definition) is 5. The lowest BCUT2D eigenvalue weighted by Crippen LogP contribution is -2.15. The quantitative estimate of drug-likeness (QED) is 0.698. The molecule has 5 nitrogen and oxygen atoms in total. The summed E-state index contributed by atoms with van der Waals surface area (Å²) in [5, 5.41) is 4.79. The number of carbonyl (C=O) groups excluding carboxylic acids is 2. The molecule has 1 amide bonds. The van der Waals surface area contributed by atoms with Crippen molar-refractivity contribution in [2.24, 2.45) is 0 Å². The van der Waals surface area contributed by atoms with Gasteiger partial charge in [0.05, 0.1) is 18.4 Å². The zero-order chi connectivity index (χ0) is 14.7. The summed E-state index contributed by atoms with van der Waals surface area (Å²) in [5.41, 5.74) is 1.61. The van der Waals surface area contributed by atoms with Gasteiger partial charge in [0, 0.05) is 6.20 Å². The van der Waals surface area contributed by atoms with E-state index in [1.807, 2.05) is 0 Å². The van der Waals surface area contributed by atoms with Crippen LogP contribution in [0.25, 0.3) is 0 Å². The molecule has 0 aromatic carbocycles. The first-order valence-electron chi connectivity index (χ1n) is 5.62. The molecule has 2 aromatic rings. The van der Waals surface area contributed by atoms with Crippen LogP contribution in [0.3, 0.4) is 0 Å². The fourth-order valence-electron chi connectivity index (χ4n) is 1.54. The number of nitrogens with zero attached hydrogens (tertiary/aromatic N) is 1. The smallest absolute Gasteiger partial charge is 0.350 e. The van der Waals surface area contributed by atoms with E-state index in [1.165, 1.54) is 30.7 Å². The van der Waals surface area contributed by atoms with Gasteiger partial charge in [0.25, 0.3) is 5.91 Å². The molecule has 0 unspecified atom stereocenters. The Bertz CT molecular complexity index is 652. The van der Waals surface area contributed by atoms with Gasteiger partial charge in [-0.1, -0.05) is 11.6 Å². The van der Waals surface area contributed by atoms with E-state index in [-0.39, 0.29) is 5.91 Å². The molecule has 0 atom stereocenters. The number of amides is 1. The second-order valence-corrected chi connectivity index (χ2v) is 5.21. The van der Waals surface area contributed by atoms with Crippen molar-refractivity contribution in [1.82, 2.24) is 4.98 Å². The fraction of sp³-hybridized carbons (Fsp3) is 0.154. The van der Waals surface area contributed by atoms with Crippen LogP contribution in [0, 0.1) is 6.92 Å². The maximum Gasteiger partial charge on any atom is 0.350 e. The second kappa shape index (κ2) is 6.02. The molecule has 0 aliphatic carbocycles. The highest BCUT2D eigenvalue weighted by atomic mass is 35.5. The van der Waals surface area contributed by atoms with Gasteiger partial charge in [-0.05, 0) is 30.0 Å². The number of aryl methyl sites for hydroxylation is 1. The number of aromatic nitrogens is 1. The van der Waals surface area contributed by atoms with Crippen LogP contribution in [-0.2, 0) is 4.74 Å². The average Bonchev–Trinajstić information content (AvgIpc) is 2.80. The summed E-state index contributed by atoms with van der Waals surface area (Å²) in [4.78, 5) is 27.9. The molecule has 0 aliphatic rings. The van der Waals surface area contributed by atoms with Gasteiger partial charge < -0.3 is 10.1 Å². The van der Waals surface area contributed by atoms with E-state index in [1.54, 1.807) is 18.4 Å². The van der Waals surface area contributed by atoms with Crippen molar-refractivity contribution in [2.45, 2.75) is 6.92 Å².